The number of hydrogen-bond acceptors (Lipinski definition) is 5. The molecule has 0 aliphatic carbocycles. The van der Waals surface area contributed by atoms with Crippen molar-refractivity contribution in [2.75, 3.05) is 18.1 Å². The Kier molecular flexibility index (Phi) is 4.33. The molecule has 2 aliphatic rings. The van der Waals surface area contributed by atoms with Crippen LogP contribution in [0.15, 0.2) is 22.7 Å². The number of halogens is 1. The lowest BCUT2D eigenvalue weighted by Gasteiger charge is -2.31. The van der Waals surface area contributed by atoms with Crippen LogP contribution >= 0.6 is 15.9 Å². The monoisotopic (exact) mass is 398 g/mol. The topological polar surface area (TPSA) is 77.1 Å². The van der Waals surface area contributed by atoms with Crippen molar-refractivity contribution < 1.29 is 23.8 Å². The molecular weight excluding hydrogens is 380 g/mol. The van der Waals surface area contributed by atoms with E-state index in [-0.39, 0.29) is 12.6 Å². The first-order valence-corrected chi connectivity index (χ1v) is 8.43. The van der Waals surface area contributed by atoms with Crippen molar-refractivity contribution in [3.8, 4) is 5.75 Å². The van der Waals surface area contributed by atoms with Crippen LogP contribution in [0.2, 0.25) is 0 Å². The fourth-order valence-corrected chi connectivity index (χ4v) is 3.02. The molecule has 0 bridgehead atoms. The van der Waals surface area contributed by atoms with Crippen LogP contribution in [-0.4, -0.2) is 43.1 Å². The normalized spacial score (nSPS) is 22.2. The molecule has 7 nitrogen and oxygen atoms in total. The molecule has 2 aliphatic heterocycles. The minimum atomic E-state index is -0.581. The number of ether oxygens (including phenoxy) is 3. The van der Waals surface area contributed by atoms with Crippen LogP contribution in [0.1, 0.15) is 20.8 Å². The van der Waals surface area contributed by atoms with Gasteiger partial charge >= 0.3 is 12.2 Å². The predicted octanol–water partition coefficient (Wildman–Crippen LogP) is 3.06. The molecule has 2 heterocycles. The van der Waals surface area contributed by atoms with E-state index in [1.54, 1.807) is 31.7 Å². The van der Waals surface area contributed by atoms with Gasteiger partial charge in [-0.15, -0.1) is 0 Å². The number of carbonyl (C=O) groups excluding carboxylic acids is 2. The molecule has 3 rings (SSSR count). The third-order valence-electron chi connectivity index (χ3n) is 3.65. The van der Waals surface area contributed by atoms with Gasteiger partial charge in [0.25, 0.3) is 0 Å². The third-order valence-corrected chi connectivity index (χ3v) is 4.14. The summed E-state index contributed by atoms with van der Waals surface area (Å²) >= 11 is 3.38. The number of amides is 2. The van der Waals surface area contributed by atoms with Crippen molar-refractivity contribution in [1.82, 2.24) is 5.32 Å². The highest BCUT2D eigenvalue weighted by Crippen LogP contribution is 2.40. The molecule has 1 N–H and O–H groups in total. The van der Waals surface area contributed by atoms with E-state index in [1.807, 2.05) is 12.1 Å². The highest BCUT2D eigenvalue weighted by Gasteiger charge is 2.46. The standard InChI is InChI=1S/C16H19BrN2O5/c1-16(2,3)24-14(20)18-7-13-11-8-22-12-6-9(17)4-5-10(12)19(11)15(21)23-13/h4-6,11,13H,7-8H2,1-3H3,(H,18,20)/t11?,13-/m1/s1. The molecule has 24 heavy (non-hydrogen) atoms. The molecule has 0 aromatic heterocycles. The number of benzene rings is 1. The smallest absolute Gasteiger partial charge is 0.415 e. The fourth-order valence-electron chi connectivity index (χ4n) is 2.68. The lowest BCUT2D eigenvalue weighted by molar-refractivity contribution is 0.0482. The van der Waals surface area contributed by atoms with Crippen LogP contribution in [0, 0.1) is 0 Å². The minimum Gasteiger partial charge on any atom is -0.489 e. The molecule has 0 spiro atoms. The zero-order chi connectivity index (χ0) is 17.5. The highest BCUT2D eigenvalue weighted by molar-refractivity contribution is 9.10. The molecule has 0 saturated carbocycles. The van der Waals surface area contributed by atoms with Crippen LogP contribution in [0.4, 0.5) is 15.3 Å². The summed E-state index contributed by atoms with van der Waals surface area (Å²) in [7, 11) is 0. The van der Waals surface area contributed by atoms with Gasteiger partial charge in [0, 0.05) is 4.47 Å². The van der Waals surface area contributed by atoms with E-state index in [0.717, 1.165) is 4.47 Å². The molecule has 1 fully saturated rings. The van der Waals surface area contributed by atoms with Gasteiger partial charge in [-0.05, 0) is 39.0 Å². The Bertz CT molecular complexity index is 673. The van der Waals surface area contributed by atoms with Crippen molar-refractivity contribution in [2.45, 2.75) is 38.5 Å². The first-order valence-electron chi connectivity index (χ1n) is 7.63. The SMILES string of the molecule is CC(C)(C)OC(=O)NC[C@H]1OC(=O)N2c3ccc(Br)cc3OCC12. The zero-order valence-corrected chi connectivity index (χ0v) is 15.3. The van der Waals surface area contributed by atoms with E-state index in [2.05, 4.69) is 21.2 Å². The maximum absolute atomic E-state index is 12.2. The average molecular weight is 399 g/mol. The van der Waals surface area contributed by atoms with Crippen LogP contribution in [0.25, 0.3) is 0 Å². The summed E-state index contributed by atoms with van der Waals surface area (Å²) < 4.78 is 17.2. The van der Waals surface area contributed by atoms with E-state index in [9.17, 15) is 9.59 Å². The van der Waals surface area contributed by atoms with Crippen LogP contribution in [0.3, 0.4) is 0 Å². The van der Waals surface area contributed by atoms with Crippen LogP contribution in [0.5, 0.6) is 5.75 Å². The Morgan fingerprint density at radius 2 is 2.21 bits per heavy atom. The fraction of sp³-hybridized carbons (Fsp3) is 0.500. The van der Waals surface area contributed by atoms with Crippen molar-refractivity contribution in [2.24, 2.45) is 0 Å². The average Bonchev–Trinajstić information content (AvgIpc) is 2.80. The van der Waals surface area contributed by atoms with Crippen molar-refractivity contribution in [3.63, 3.8) is 0 Å². The number of rotatable bonds is 2. The van der Waals surface area contributed by atoms with Crippen molar-refractivity contribution in [1.29, 1.82) is 0 Å². The molecule has 1 unspecified atom stereocenters. The maximum Gasteiger partial charge on any atom is 0.415 e. The minimum absolute atomic E-state index is 0.164. The van der Waals surface area contributed by atoms with Gasteiger partial charge in [-0.2, -0.15) is 0 Å². The quantitative estimate of drug-likeness (QED) is 0.827. The van der Waals surface area contributed by atoms with Gasteiger partial charge in [0.1, 0.15) is 30.1 Å². The number of nitrogens with one attached hydrogen (secondary N) is 1. The number of carbonyl (C=O) groups is 2. The van der Waals surface area contributed by atoms with Crippen LogP contribution in [-0.2, 0) is 9.47 Å². The van der Waals surface area contributed by atoms with Crippen molar-refractivity contribution >= 4 is 33.8 Å². The summed E-state index contributed by atoms with van der Waals surface area (Å²) in [5, 5.41) is 2.64. The van der Waals surface area contributed by atoms with Gasteiger partial charge in [0.2, 0.25) is 0 Å². The molecule has 2 amide bonds. The Labute approximate surface area is 148 Å². The number of hydrogen-bond donors (Lipinski definition) is 1. The molecule has 0 radical (unpaired) electrons. The Hall–Kier alpha value is -1.96. The molecule has 1 aromatic carbocycles. The van der Waals surface area contributed by atoms with Crippen molar-refractivity contribution in [3.05, 3.63) is 22.7 Å². The van der Waals surface area contributed by atoms with Gasteiger partial charge < -0.3 is 19.5 Å². The number of nitrogens with zero attached hydrogens (tertiary/aromatic N) is 1. The van der Waals surface area contributed by atoms with E-state index < -0.39 is 23.9 Å². The van der Waals surface area contributed by atoms with E-state index in [1.165, 1.54) is 0 Å². The summed E-state index contributed by atoms with van der Waals surface area (Å²) in [6.45, 7) is 5.82. The Balaban J connectivity index is 1.68. The summed E-state index contributed by atoms with van der Waals surface area (Å²) in [4.78, 5) is 25.6. The summed E-state index contributed by atoms with van der Waals surface area (Å²) in [5.41, 5.74) is 0.0853. The summed E-state index contributed by atoms with van der Waals surface area (Å²) in [6.07, 6.45) is -1.48. The molecule has 130 valence electrons. The summed E-state index contributed by atoms with van der Waals surface area (Å²) in [5.74, 6) is 0.623. The molecule has 1 aromatic rings. The van der Waals surface area contributed by atoms with Crippen LogP contribution < -0.4 is 15.0 Å². The number of fused-ring (bicyclic) bond motifs is 3. The number of anilines is 1. The van der Waals surface area contributed by atoms with Gasteiger partial charge in [-0.1, -0.05) is 15.9 Å². The second kappa shape index (κ2) is 6.16. The largest absolute Gasteiger partial charge is 0.489 e. The summed E-state index contributed by atoms with van der Waals surface area (Å²) in [6, 6.07) is 5.16. The molecule has 1 saturated heterocycles. The first-order chi connectivity index (χ1) is 11.2. The second-order valence-corrected chi connectivity index (χ2v) is 7.58. The highest BCUT2D eigenvalue weighted by atomic mass is 79.9. The van der Waals surface area contributed by atoms with E-state index in [4.69, 9.17) is 14.2 Å². The second-order valence-electron chi connectivity index (χ2n) is 6.67. The lowest BCUT2D eigenvalue weighted by Crippen LogP contribution is -2.48. The van der Waals surface area contributed by atoms with Gasteiger partial charge in [0.05, 0.1) is 12.2 Å². The Morgan fingerprint density at radius 3 is 2.92 bits per heavy atom. The first kappa shape index (κ1) is 16.9. The number of cyclic esters (lactones) is 1. The predicted molar refractivity (Wildman–Crippen MR) is 90.4 cm³/mol. The molecular formula is C16H19BrN2O5. The lowest BCUT2D eigenvalue weighted by atomic mass is 10.1. The zero-order valence-electron chi connectivity index (χ0n) is 13.7. The van der Waals surface area contributed by atoms with Gasteiger partial charge in [0.15, 0.2) is 0 Å². The maximum atomic E-state index is 12.2. The van der Waals surface area contributed by atoms with Gasteiger partial charge in [-0.25, -0.2) is 9.59 Å². The number of alkyl carbamates (subject to hydrolysis) is 1. The molecule has 2 atom stereocenters. The van der Waals surface area contributed by atoms with Gasteiger partial charge in [-0.3, -0.25) is 4.90 Å². The third kappa shape index (κ3) is 3.43. The molecule has 8 heteroatoms. The Morgan fingerprint density at radius 1 is 1.46 bits per heavy atom. The van der Waals surface area contributed by atoms with E-state index in [0.29, 0.717) is 18.0 Å². The van der Waals surface area contributed by atoms with E-state index >= 15 is 0 Å².